The zero-order valence-electron chi connectivity index (χ0n) is 11.3. The number of hydrogen-bond acceptors (Lipinski definition) is 2. The molecule has 0 aromatic heterocycles. The average molecular weight is 275 g/mol. The number of nitrogens with one attached hydrogen (secondary N) is 1. The summed E-state index contributed by atoms with van der Waals surface area (Å²) in [5.41, 5.74) is 0.589. The number of aryl methyl sites for hydroxylation is 1. The van der Waals surface area contributed by atoms with E-state index in [9.17, 15) is 13.2 Å². The minimum Gasteiger partial charge on any atom is -0.406 e. The lowest BCUT2D eigenvalue weighted by Gasteiger charge is -2.13. The normalized spacial score (nSPS) is 11.9. The van der Waals surface area contributed by atoms with Crippen molar-refractivity contribution < 1.29 is 17.9 Å². The second kappa shape index (κ2) is 7.38. The lowest BCUT2D eigenvalue weighted by atomic mass is 10.1. The van der Waals surface area contributed by atoms with Crippen LogP contribution < -0.4 is 10.1 Å². The highest BCUT2D eigenvalue weighted by Gasteiger charge is 2.31. The molecule has 0 aliphatic heterocycles. The van der Waals surface area contributed by atoms with Crippen LogP contribution in [0.5, 0.6) is 5.75 Å². The fourth-order valence-corrected chi connectivity index (χ4v) is 1.73. The van der Waals surface area contributed by atoms with Gasteiger partial charge in [-0.25, -0.2) is 0 Å². The van der Waals surface area contributed by atoms with Crippen LogP contribution in [0, 0.1) is 5.92 Å². The van der Waals surface area contributed by atoms with Crippen LogP contribution in [-0.2, 0) is 6.42 Å². The van der Waals surface area contributed by atoms with Gasteiger partial charge < -0.3 is 10.1 Å². The van der Waals surface area contributed by atoms with Crippen molar-refractivity contribution in [1.29, 1.82) is 0 Å². The predicted octanol–water partition coefficient (Wildman–Crippen LogP) is 3.76. The van der Waals surface area contributed by atoms with Crippen molar-refractivity contribution in [2.75, 3.05) is 13.1 Å². The van der Waals surface area contributed by atoms with Crippen LogP contribution in [0.3, 0.4) is 0 Å². The number of ether oxygens (including phenoxy) is 1. The molecule has 0 aliphatic rings. The molecule has 0 unspecified atom stereocenters. The van der Waals surface area contributed by atoms with Crippen molar-refractivity contribution >= 4 is 0 Å². The van der Waals surface area contributed by atoms with E-state index in [1.807, 2.05) is 0 Å². The van der Waals surface area contributed by atoms with Gasteiger partial charge in [0.25, 0.3) is 0 Å². The van der Waals surface area contributed by atoms with E-state index in [1.165, 1.54) is 6.07 Å². The molecular weight excluding hydrogens is 255 g/mol. The molecule has 1 N–H and O–H groups in total. The Balaban J connectivity index is 2.45. The minimum absolute atomic E-state index is 0.0983. The van der Waals surface area contributed by atoms with Gasteiger partial charge in [0, 0.05) is 0 Å². The van der Waals surface area contributed by atoms with Crippen LogP contribution in [0.1, 0.15) is 25.8 Å². The number of rotatable bonds is 7. The second-order valence-corrected chi connectivity index (χ2v) is 4.86. The fraction of sp³-hybridized carbons (Fsp3) is 0.571. The Morgan fingerprint density at radius 3 is 2.53 bits per heavy atom. The highest BCUT2D eigenvalue weighted by atomic mass is 19.4. The predicted molar refractivity (Wildman–Crippen MR) is 69.2 cm³/mol. The van der Waals surface area contributed by atoms with Crippen LogP contribution in [0.15, 0.2) is 24.3 Å². The number of hydrogen-bond donors (Lipinski definition) is 1. The Morgan fingerprint density at radius 2 is 1.89 bits per heavy atom. The van der Waals surface area contributed by atoms with Gasteiger partial charge in [-0.1, -0.05) is 32.0 Å². The van der Waals surface area contributed by atoms with E-state index in [2.05, 4.69) is 23.9 Å². The van der Waals surface area contributed by atoms with Gasteiger partial charge in [-0.15, -0.1) is 13.2 Å². The van der Waals surface area contributed by atoms with Crippen molar-refractivity contribution in [3.63, 3.8) is 0 Å². The van der Waals surface area contributed by atoms with Crippen molar-refractivity contribution in [2.45, 2.75) is 33.1 Å². The van der Waals surface area contributed by atoms with E-state index < -0.39 is 6.36 Å². The first kappa shape index (κ1) is 15.8. The number of halogens is 3. The maximum Gasteiger partial charge on any atom is 0.573 e. The fourth-order valence-electron chi connectivity index (χ4n) is 1.73. The van der Waals surface area contributed by atoms with Gasteiger partial charge in [0.15, 0.2) is 0 Å². The van der Waals surface area contributed by atoms with Crippen molar-refractivity contribution in [2.24, 2.45) is 5.92 Å². The summed E-state index contributed by atoms with van der Waals surface area (Å²) in [5, 5.41) is 3.26. The molecule has 0 atom stereocenters. The van der Waals surface area contributed by atoms with Gasteiger partial charge in [0.05, 0.1) is 0 Å². The molecule has 108 valence electrons. The third kappa shape index (κ3) is 7.06. The summed E-state index contributed by atoms with van der Waals surface area (Å²) in [6.07, 6.45) is -3.28. The summed E-state index contributed by atoms with van der Waals surface area (Å²) in [4.78, 5) is 0. The molecule has 0 bridgehead atoms. The SMILES string of the molecule is CC(C)CNCCCc1ccccc1OC(F)(F)F. The minimum atomic E-state index is -4.63. The summed E-state index contributed by atoms with van der Waals surface area (Å²) in [5.74, 6) is 0.472. The van der Waals surface area contributed by atoms with Crippen LogP contribution >= 0.6 is 0 Å². The van der Waals surface area contributed by atoms with Crippen molar-refractivity contribution in [3.05, 3.63) is 29.8 Å². The molecule has 0 saturated carbocycles. The van der Waals surface area contributed by atoms with Gasteiger partial charge >= 0.3 is 6.36 Å². The smallest absolute Gasteiger partial charge is 0.406 e. The number of para-hydroxylation sites is 1. The van der Waals surface area contributed by atoms with E-state index in [4.69, 9.17) is 0 Å². The highest BCUT2D eigenvalue weighted by molar-refractivity contribution is 5.33. The third-order valence-corrected chi connectivity index (χ3v) is 2.55. The van der Waals surface area contributed by atoms with Crippen molar-refractivity contribution in [3.8, 4) is 5.75 Å². The van der Waals surface area contributed by atoms with E-state index in [0.29, 0.717) is 17.9 Å². The Kier molecular flexibility index (Phi) is 6.15. The summed E-state index contributed by atoms with van der Waals surface area (Å²) in [7, 11) is 0. The number of benzene rings is 1. The Bertz CT molecular complexity index is 377. The van der Waals surface area contributed by atoms with Gasteiger partial charge in [-0.2, -0.15) is 0 Å². The molecule has 19 heavy (non-hydrogen) atoms. The molecule has 0 amide bonds. The lowest BCUT2D eigenvalue weighted by molar-refractivity contribution is -0.274. The quantitative estimate of drug-likeness (QED) is 0.765. The third-order valence-electron chi connectivity index (χ3n) is 2.55. The maximum atomic E-state index is 12.2. The van der Waals surface area contributed by atoms with E-state index in [0.717, 1.165) is 19.5 Å². The Morgan fingerprint density at radius 1 is 1.21 bits per heavy atom. The van der Waals surface area contributed by atoms with Crippen LogP contribution in [0.2, 0.25) is 0 Å². The Labute approximate surface area is 112 Å². The van der Waals surface area contributed by atoms with Gasteiger partial charge in [-0.3, -0.25) is 0 Å². The van der Waals surface area contributed by atoms with Gasteiger partial charge in [-0.05, 0) is 43.5 Å². The van der Waals surface area contributed by atoms with Crippen LogP contribution in [-0.4, -0.2) is 19.5 Å². The maximum absolute atomic E-state index is 12.2. The van der Waals surface area contributed by atoms with E-state index in [-0.39, 0.29) is 5.75 Å². The molecule has 2 nitrogen and oxygen atoms in total. The summed E-state index contributed by atoms with van der Waals surface area (Å²) in [6.45, 7) is 5.93. The monoisotopic (exact) mass is 275 g/mol. The number of alkyl halides is 3. The second-order valence-electron chi connectivity index (χ2n) is 4.86. The standard InChI is InChI=1S/C14H20F3NO/c1-11(2)10-18-9-5-7-12-6-3-4-8-13(12)19-14(15,16)17/h3-4,6,8,11,18H,5,7,9-10H2,1-2H3. The first-order valence-corrected chi connectivity index (χ1v) is 6.43. The molecule has 1 rings (SSSR count). The molecule has 0 aliphatic carbocycles. The molecule has 0 spiro atoms. The molecule has 1 aromatic carbocycles. The van der Waals surface area contributed by atoms with Crippen molar-refractivity contribution in [1.82, 2.24) is 5.32 Å². The zero-order valence-corrected chi connectivity index (χ0v) is 11.3. The van der Waals surface area contributed by atoms with E-state index in [1.54, 1.807) is 18.2 Å². The molecule has 0 heterocycles. The summed E-state index contributed by atoms with van der Waals surface area (Å²) < 4.78 is 40.7. The molecular formula is C14H20F3NO. The molecule has 0 saturated heterocycles. The van der Waals surface area contributed by atoms with Crippen LogP contribution in [0.4, 0.5) is 13.2 Å². The Hall–Kier alpha value is -1.23. The van der Waals surface area contributed by atoms with Gasteiger partial charge in [0.2, 0.25) is 0 Å². The lowest BCUT2D eigenvalue weighted by Crippen LogP contribution is -2.21. The molecule has 1 aromatic rings. The average Bonchev–Trinajstić information content (AvgIpc) is 2.28. The van der Waals surface area contributed by atoms with Gasteiger partial charge in [0.1, 0.15) is 5.75 Å². The topological polar surface area (TPSA) is 21.3 Å². The summed E-state index contributed by atoms with van der Waals surface area (Å²) >= 11 is 0. The largest absolute Gasteiger partial charge is 0.573 e. The first-order chi connectivity index (χ1) is 8.88. The molecule has 5 heteroatoms. The zero-order chi connectivity index (χ0) is 14.3. The summed E-state index contributed by atoms with van der Waals surface area (Å²) in [6, 6.07) is 6.29. The van der Waals surface area contributed by atoms with Crippen LogP contribution in [0.25, 0.3) is 0 Å². The van der Waals surface area contributed by atoms with E-state index >= 15 is 0 Å². The molecule has 0 radical (unpaired) electrons. The highest BCUT2D eigenvalue weighted by Crippen LogP contribution is 2.26. The molecule has 0 fully saturated rings. The first-order valence-electron chi connectivity index (χ1n) is 6.43.